The summed E-state index contributed by atoms with van der Waals surface area (Å²) in [6, 6.07) is 5.59. The lowest BCUT2D eigenvalue weighted by atomic mass is 10.2. The van der Waals surface area contributed by atoms with E-state index >= 15 is 0 Å². The number of sulfonamides is 1. The fourth-order valence-corrected chi connectivity index (χ4v) is 2.16. The molecule has 0 aromatic heterocycles. The largest absolute Gasteiger partial charge is 0.337 e. The number of hydrogen-bond acceptors (Lipinski definition) is 3. The van der Waals surface area contributed by atoms with Gasteiger partial charge in [0.2, 0.25) is 0 Å². The van der Waals surface area contributed by atoms with Crippen LogP contribution >= 0.6 is 0 Å². The number of hydrogen-bond donors (Lipinski definition) is 2. The Kier molecular flexibility index (Phi) is 4.72. The van der Waals surface area contributed by atoms with Gasteiger partial charge in [0.05, 0.1) is 4.90 Å². The molecule has 0 unspecified atom stereocenters. The van der Waals surface area contributed by atoms with E-state index in [-0.39, 0.29) is 10.8 Å². The van der Waals surface area contributed by atoms with Gasteiger partial charge in [-0.2, -0.15) is 0 Å². The molecule has 0 aliphatic carbocycles. The number of carbonyl (C=O) groups is 1. The minimum Gasteiger partial charge on any atom is -0.337 e. The highest BCUT2D eigenvalue weighted by atomic mass is 32.2. The van der Waals surface area contributed by atoms with Gasteiger partial charge in [-0.3, -0.25) is 0 Å². The maximum absolute atomic E-state index is 11.8. The number of nitrogens with one attached hydrogen (secondary N) is 2. The third-order valence-electron chi connectivity index (χ3n) is 2.23. The van der Waals surface area contributed by atoms with Crippen molar-refractivity contribution in [2.24, 2.45) is 5.92 Å². The molecule has 0 aliphatic rings. The predicted octanol–water partition coefficient (Wildman–Crippen LogP) is 1.64. The molecule has 2 N–H and O–H groups in total. The normalized spacial score (nSPS) is 11.3. The molecule has 0 saturated carbocycles. The molecule has 0 aliphatic heterocycles. The molecule has 1 rings (SSSR count). The fraction of sp³-hybridized carbons (Fsp3) is 0.417. The molecule has 0 radical (unpaired) electrons. The summed E-state index contributed by atoms with van der Waals surface area (Å²) in [5, 5.41) is 2.49. The van der Waals surface area contributed by atoms with Crippen LogP contribution in [0.1, 0.15) is 19.4 Å². The Morgan fingerprint density at radius 3 is 2.28 bits per heavy atom. The van der Waals surface area contributed by atoms with Gasteiger partial charge in [0, 0.05) is 6.54 Å². The lowest BCUT2D eigenvalue weighted by Gasteiger charge is -2.10. The molecule has 6 heteroatoms. The molecule has 0 fully saturated rings. The molecule has 1 aromatic carbocycles. The van der Waals surface area contributed by atoms with Crippen molar-refractivity contribution in [3.8, 4) is 0 Å². The summed E-state index contributed by atoms with van der Waals surface area (Å²) in [5.41, 5.74) is 0.957. The molecule has 0 spiro atoms. The maximum Gasteiger partial charge on any atom is 0.328 e. The molecular formula is C12H18N2O3S. The zero-order valence-corrected chi connectivity index (χ0v) is 11.5. The number of urea groups is 1. The number of benzene rings is 1. The quantitative estimate of drug-likeness (QED) is 0.873. The summed E-state index contributed by atoms with van der Waals surface area (Å²) in [6.07, 6.45) is 0. The van der Waals surface area contributed by atoms with Gasteiger partial charge in [-0.25, -0.2) is 17.9 Å². The summed E-state index contributed by atoms with van der Waals surface area (Å²) in [5.74, 6) is 0.262. The van der Waals surface area contributed by atoms with E-state index in [9.17, 15) is 13.2 Å². The smallest absolute Gasteiger partial charge is 0.328 e. The van der Waals surface area contributed by atoms with Gasteiger partial charge in [0.1, 0.15) is 0 Å². The minimum atomic E-state index is -3.79. The van der Waals surface area contributed by atoms with Crippen molar-refractivity contribution in [2.45, 2.75) is 25.7 Å². The molecule has 0 bridgehead atoms. The first-order valence-corrected chi connectivity index (χ1v) is 7.17. The predicted molar refractivity (Wildman–Crippen MR) is 69.7 cm³/mol. The lowest BCUT2D eigenvalue weighted by Crippen LogP contribution is -2.40. The van der Waals surface area contributed by atoms with Crippen LogP contribution < -0.4 is 10.0 Å². The summed E-state index contributed by atoms with van der Waals surface area (Å²) < 4.78 is 25.6. The zero-order valence-electron chi connectivity index (χ0n) is 10.7. The molecule has 2 amide bonds. The van der Waals surface area contributed by atoms with Gasteiger partial charge >= 0.3 is 6.03 Å². The van der Waals surface area contributed by atoms with Crippen molar-refractivity contribution in [3.05, 3.63) is 29.8 Å². The SMILES string of the molecule is Cc1ccc(S(=O)(=O)NC(=O)NCC(C)C)cc1. The van der Waals surface area contributed by atoms with Gasteiger partial charge in [-0.15, -0.1) is 0 Å². The Bertz CT molecular complexity index is 507. The Labute approximate surface area is 108 Å². The van der Waals surface area contributed by atoms with Gasteiger partial charge < -0.3 is 5.32 Å². The van der Waals surface area contributed by atoms with E-state index < -0.39 is 16.1 Å². The Morgan fingerprint density at radius 2 is 1.78 bits per heavy atom. The van der Waals surface area contributed by atoms with Gasteiger partial charge in [0.25, 0.3) is 10.0 Å². The van der Waals surface area contributed by atoms with Crippen LogP contribution in [-0.2, 0) is 10.0 Å². The van der Waals surface area contributed by atoms with Crippen LogP contribution in [0.5, 0.6) is 0 Å². The average molecular weight is 270 g/mol. The van der Waals surface area contributed by atoms with E-state index in [0.717, 1.165) is 5.56 Å². The molecule has 100 valence electrons. The van der Waals surface area contributed by atoms with Crippen LogP contribution in [0.25, 0.3) is 0 Å². The van der Waals surface area contributed by atoms with Crippen molar-refractivity contribution < 1.29 is 13.2 Å². The molecule has 0 heterocycles. The summed E-state index contributed by atoms with van der Waals surface area (Å²) >= 11 is 0. The van der Waals surface area contributed by atoms with Crippen LogP contribution in [0, 0.1) is 12.8 Å². The molecule has 5 nitrogen and oxygen atoms in total. The molecule has 18 heavy (non-hydrogen) atoms. The Morgan fingerprint density at radius 1 is 1.22 bits per heavy atom. The standard InChI is InChI=1S/C12H18N2O3S/c1-9(2)8-13-12(15)14-18(16,17)11-6-4-10(3)5-7-11/h4-7,9H,8H2,1-3H3,(H2,13,14,15). The van der Waals surface area contributed by atoms with E-state index in [1.54, 1.807) is 12.1 Å². The number of amides is 2. The third kappa shape index (κ3) is 4.37. The van der Waals surface area contributed by atoms with Gasteiger partial charge in [-0.05, 0) is 25.0 Å². The molecule has 1 aromatic rings. The highest BCUT2D eigenvalue weighted by Crippen LogP contribution is 2.09. The first-order valence-electron chi connectivity index (χ1n) is 5.68. The topological polar surface area (TPSA) is 75.3 Å². The van der Waals surface area contributed by atoms with Gasteiger partial charge in [0.15, 0.2) is 0 Å². The number of carbonyl (C=O) groups excluding carboxylic acids is 1. The van der Waals surface area contributed by atoms with E-state index in [4.69, 9.17) is 0 Å². The maximum atomic E-state index is 11.8. The Hall–Kier alpha value is -1.56. The van der Waals surface area contributed by atoms with Crippen LogP contribution in [0.4, 0.5) is 4.79 Å². The van der Waals surface area contributed by atoms with Gasteiger partial charge in [-0.1, -0.05) is 31.5 Å². The second-order valence-corrected chi connectivity index (χ2v) is 6.20. The highest BCUT2D eigenvalue weighted by molar-refractivity contribution is 7.90. The van der Waals surface area contributed by atoms with Crippen molar-refractivity contribution in [3.63, 3.8) is 0 Å². The molecular weight excluding hydrogens is 252 g/mol. The van der Waals surface area contributed by atoms with E-state index in [1.165, 1.54) is 12.1 Å². The number of rotatable bonds is 4. The lowest BCUT2D eigenvalue weighted by molar-refractivity contribution is 0.244. The summed E-state index contributed by atoms with van der Waals surface area (Å²) in [6.45, 7) is 6.14. The minimum absolute atomic E-state index is 0.0767. The second-order valence-electron chi connectivity index (χ2n) is 4.52. The third-order valence-corrected chi connectivity index (χ3v) is 3.58. The van der Waals surface area contributed by atoms with E-state index in [2.05, 4.69) is 5.32 Å². The fourth-order valence-electron chi connectivity index (χ4n) is 1.23. The van der Waals surface area contributed by atoms with Crippen LogP contribution in [0.15, 0.2) is 29.2 Å². The first-order chi connectivity index (χ1) is 8.31. The Balaban J connectivity index is 2.70. The zero-order chi connectivity index (χ0) is 13.8. The van der Waals surface area contributed by atoms with Crippen LogP contribution in [0.2, 0.25) is 0 Å². The van der Waals surface area contributed by atoms with Crippen molar-refractivity contribution in [1.82, 2.24) is 10.0 Å². The van der Waals surface area contributed by atoms with E-state index in [0.29, 0.717) is 6.54 Å². The highest BCUT2D eigenvalue weighted by Gasteiger charge is 2.16. The first kappa shape index (κ1) is 14.5. The van der Waals surface area contributed by atoms with E-state index in [1.807, 2.05) is 25.5 Å². The average Bonchev–Trinajstić information content (AvgIpc) is 2.26. The summed E-state index contributed by atoms with van der Waals surface area (Å²) in [7, 11) is -3.79. The molecule has 0 saturated heterocycles. The van der Waals surface area contributed by atoms with Crippen molar-refractivity contribution >= 4 is 16.1 Å². The summed E-state index contributed by atoms with van der Waals surface area (Å²) in [4.78, 5) is 11.5. The van der Waals surface area contributed by atoms with Crippen LogP contribution in [-0.4, -0.2) is 21.0 Å². The monoisotopic (exact) mass is 270 g/mol. The number of aryl methyl sites for hydroxylation is 1. The second kappa shape index (κ2) is 5.86. The van der Waals surface area contributed by atoms with Crippen molar-refractivity contribution in [2.75, 3.05) is 6.54 Å². The van der Waals surface area contributed by atoms with Crippen molar-refractivity contribution in [1.29, 1.82) is 0 Å². The molecule has 0 atom stereocenters. The van der Waals surface area contributed by atoms with Crippen LogP contribution in [0.3, 0.4) is 0 Å².